The predicted octanol–water partition coefficient (Wildman–Crippen LogP) is 4.61. The van der Waals surface area contributed by atoms with Crippen LogP contribution < -0.4 is 5.32 Å². The second kappa shape index (κ2) is 8.92. The molecule has 172 valence electrons. The Labute approximate surface area is 195 Å². The smallest absolute Gasteiger partial charge is 0.243 e. The number of fused-ring (bicyclic) bond motifs is 2. The summed E-state index contributed by atoms with van der Waals surface area (Å²) in [6.07, 6.45) is 4.16. The van der Waals surface area contributed by atoms with E-state index in [2.05, 4.69) is 29.6 Å². The van der Waals surface area contributed by atoms with Crippen LogP contribution in [0, 0.1) is 5.92 Å². The number of aryl methyl sites for hydroxylation is 2. The van der Waals surface area contributed by atoms with Gasteiger partial charge in [-0.2, -0.15) is 4.31 Å². The molecule has 0 bridgehead atoms. The van der Waals surface area contributed by atoms with Crippen molar-refractivity contribution in [3.05, 3.63) is 77.4 Å². The average molecular weight is 463 g/mol. The molecule has 0 spiro atoms. The number of benzene rings is 3. The topological polar surface area (TPSA) is 66.5 Å². The summed E-state index contributed by atoms with van der Waals surface area (Å²) in [5.74, 6) is -0.168. The Balaban J connectivity index is 1.23. The number of sulfonamides is 1. The van der Waals surface area contributed by atoms with Gasteiger partial charge in [0.1, 0.15) is 0 Å². The third-order valence-electron chi connectivity index (χ3n) is 7.18. The fourth-order valence-corrected chi connectivity index (χ4v) is 6.77. The summed E-state index contributed by atoms with van der Waals surface area (Å²) in [6.45, 7) is 2.76. The first-order valence-corrected chi connectivity index (χ1v) is 13.3. The van der Waals surface area contributed by atoms with Crippen LogP contribution in [0.25, 0.3) is 10.8 Å². The molecule has 1 N–H and O–H groups in total. The first kappa shape index (κ1) is 22.1. The summed E-state index contributed by atoms with van der Waals surface area (Å²) in [6, 6.07) is 19.8. The maximum Gasteiger partial charge on any atom is 0.243 e. The second-order valence-corrected chi connectivity index (χ2v) is 11.2. The van der Waals surface area contributed by atoms with Crippen LogP contribution in [-0.4, -0.2) is 31.7 Å². The second-order valence-electron chi connectivity index (χ2n) is 9.26. The molecule has 5 rings (SSSR count). The van der Waals surface area contributed by atoms with E-state index in [1.807, 2.05) is 37.3 Å². The average Bonchev–Trinajstić information content (AvgIpc) is 3.32. The maximum atomic E-state index is 13.2. The van der Waals surface area contributed by atoms with Gasteiger partial charge in [0.05, 0.1) is 10.9 Å². The highest BCUT2D eigenvalue weighted by molar-refractivity contribution is 7.89. The van der Waals surface area contributed by atoms with Crippen LogP contribution >= 0.6 is 0 Å². The number of hydrogen-bond acceptors (Lipinski definition) is 3. The van der Waals surface area contributed by atoms with E-state index in [4.69, 9.17) is 0 Å². The van der Waals surface area contributed by atoms with E-state index in [0.29, 0.717) is 30.8 Å². The SMILES string of the molecule is CC(NC(=O)C1CCN(S(=O)(=O)c2ccc3c(c2)CCC3)CC1)c1cccc2ccccc12. The Morgan fingerprint density at radius 3 is 2.52 bits per heavy atom. The largest absolute Gasteiger partial charge is 0.349 e. The van der Waals surface area contributed by atoms with Crippen molar-refractivity contribution in [1.29, 1.82) is 0 Å². The van der Waals surface area contributed by atoms with Crippen LogP contribution in [0.1, 0.15) is 48.9 Å². The van der Waals surface area contributed by atoms with Gasteiger partial charge in [0.25, 0.3) is 0 Å². The van der Waals surface area contributed by atoms with Crippen molar-refractivity contribution in [3.63, 3.8) is 0 Å². The van der Waals surface area contributed by atoms with Gasteiger partial charge in [0.15, 0.2) is 0 Å². The fourth-order valence-electron chi connectivity index (χ4n) is 5.25. The number of nitrogens with zero attached hydrogens (tertiary/aromatic N) is 1. The number of amides is 1. The highest BCUT2D eigenvalue weighted by Crippen LogP contribution is 2.29. The number of carbonyl (C=O) groups excluding carboxylic acids is 1. The third kappa shape index (κ3) is 4.30. The Morgan fingerprint density at radius 2 is 1.70 bits per heavy atom. The molecule has 1 saturated heterocycles. The third-order valence-corrected chi connectivity index (χ3v) is 9.08. The molecule has 0 aromatic heterocycles. The van der Waals surface area contributed by atoms with Gasteiger partial charge in [0, 0.05) is 19.0 Å². The number of carbonyl (C=O) groups is 1. The van der Waals surface area contributed by atoms with Gasteiger partial charge in [-0.05, 0) is 78.6 Å². The molecule has 5 nitrogen and oxygen atoms in total. The molecular formula is C27H30N2O3S. The molecule has 1 aliphatic heterocycles. The van der Waals surface area contributed by atoms with E-state index in [1.54, 1.807) is 10.4 Å². The lowest BCUT2D eigenvalue weighted by Crippen LogP contribution is -2.43. The molecular weight excluding hydrogens is 432 g/mol. The van der Waals surface area contributed by atoms with Crippen LogP contribution in [0.2, 0.25) is 0 Å². The summed E-state index contributed by atoms with van der Waals surface area (Å²) >= 11 is 0. The minimum Gasteiger partial charge on any atom is -0.349 e. The zero-order valence-electron chi connectivity index (χ0n) is 19.0. The molecule has 1 aliphatic carbocycles. The molecule has 0 saturated carbocycles. The van der Waals surface area contributed by atoms with E-state index in [0.717, 1.165) is 41.2 Å². The Hall–Kier alpha value is -2.70. The van der Waals surface area contributed by atoms with E-state index in [9.17, 15) is 13.2 Å². The molecule has 1 atom stereocenters. The van der Waals surface area contributed by atoms with Crippen molar-refractivity contribution in [2.24, 2.45) is 5.92 Å². The summed E-state index contributed by atoms with van der Waals surface area (Å²) in [4.78, 5) is 13.4. The minimum atomic E-state index is -3.52. The molecule has 3 aromatic carbocycles. The maximum absolute atomic E-state index is 13.2. The van der Waals surface area contributed by atoms with Crippen LogP contribution in [-0.2, 0) is 27.7 Å². The van der Waals surface area contributed by atoms with E-state index >= 15 is 0 Å². The first-order valence-electron chi connectivity index (χ1n) is 11.8. The van der Waals surface area contributed by atoms with Gasteiger partial charge in [-0.15, -0.1) is 0 Å². The molecule has 6 heteroatoms. The van der Waals surface area contributed by atoms with E-state index in [-0.39, 0.29) is 17.9 Å². The molecule has 2 aliphatic rings. The summed E-state index contributed by atoms with van der Waals surface area (Å²) in [7, 11) is -3.52. The summed E-state index contributed by atoms with van der Waals surface area (Å²) in [5, 5.41) is 5.46. The van der Waals surface area contributed by atoms with Crippen LogP contribution in [0.15, 0.2) is 65.6 Å². The predicted molar refractivity (Wildman–Crippen MR) is 130 cm³/mol. The lowest BCUT2D eigenvalue weighted by atomic mass is 9.95. The van der Waals surface area contributed by atoms with Gasteiger partial charge in [0.2, 0.25) is 15.9 Å². The number of nitrogens with one attached hydrogen (secondary N) is 1. The minimum absolute atomic E-state index is 0.00464. The molecule has 3 aromatic rings. The Morgan fingerprint density at radius 1 is 0.970 bits per heavy atom. The molecule has 1 amide bonds. The molecule has 0 radical (unpaired) electrons. The quantitative estimate of drug-likeness (QED) is 0.602. The zero-order chi connectivity index (χ0) is 23.0. The number of rotatable bonds is 5. The molecule has 1 unspecified atom stereocenters. The Bertz CT molecular complexity index is 1290. The Kier molecular flexibility index (Phi) is 5.97. The van der Waals surface area contributed by atoms with Crippen molar-refractivity contribution in [2.45, 2.75) is 50.0 Å². The van der Waals surface area contributed by atoms with Gasteiger partial charge < -0.3 is 5.32 Å². The van der Waals surface area contributed by atoms with Gasteiger partial charge in [-0.3, -0.25) is 4.79 Å². The summed E-state index contributed by atoms with van der Waals surface area (Å²) < 4.78 is 27.9. The van der Waals surface area contributed by atoms with Crippen molar-refractivity contribution in [1.82, 2.24) is 9.62 Å². The lowest BCUT2D eigenvalue weighted by Gasteiger charge is -2.31. The summed E-state index contributed by atoms with van der Waals surface area (Å²) in [5.41, 5.74) is 3.52. The fraction of sp³-hybridized carbons (Fsp3) is 0.370. The lowest BCUT2D eigenvalue weighted by molar-refractivity contribution is -0.126. The molecule has 33 heavy (non-hydrogen) atoms. The van der Waals surface area contributed by atoms with Crippen LogP contribution in [0.5, 0.6) is 0 Å². The van der Waals surface area contributed by atoms with Gasteiger partial charge >= 0.3 is 0 Å². The normalized spacial score (nSPS) is 18.2. The van der Waals surface area contributed by atoms with Crippen LogP contribution in [0.3, 0.4) is 0 Å². The van der Waals surface area contributed by atoms with Crippen molar-refractivity contribution < 1.29 is 13.2 Å². The van der Waals surface area contributed by atoms with Gasteiger partial charge in [-0.1, -0.05) is 48.5 Å². The standard InChI is InChI=1S/C27H30N2O3S/c1-19(25-11-5-8-21-6-2-3-10-26(21)25)28-27(30)22-14-16-29(17-15-22)33(31,32)24-13-12-20-7-4-9-23(20)18-24/h2-3,5-6,8,10-13,18-19,22H,4,7,9,14-17H2,1H3,(H,28,30). The first-order chi connectivity index (χ1) is 15.9. The van der Waals surface area contributed by atoms with Crippen molar-refractivity contribution in [2.75, 3.05) is 13.1 Å². The highest BCUT2D eigenvalue weighted by Gasteiger charge is 2.33. The van der Waals surface area contributed by atoms with Gasteiger partial charge in [-0.25, -0.2) is 8.42 Å². The van der Waals surface area contributed by atoms with Crippen molar-refractivity contribution in [3.8, 4) is 0 Å². The monoisotopic (exact) mass is 462 g/mol. The number of piperidine rings is 1. The zero-order valence-corrected chi connectivity index (χ0v) is 19.8. The highest BCUT2D eigenvalue weighted by atomic mass is 32.2. The molecule has 1 fully saturated rings. The van der Waals surface area contributed by atoms with Crippen LogP contribution in [0.4, 0.5) is 0 Å². The van der Waals surface area contributed by atoms with E-state index in [1.165, 1.54) is 5.56 Å². The number of hydrogen-bond donors (Lipinski definition) is 1. The molecule has 1 heterocycles. The van der Waals surface area contributed by atoms with Crippen molar-refractivity contribution >= 4 is 26.7 Å². The van der Waals surface area contributed by atoms with E-state index < -0.39 is 10.0 Å².